The molecule has 20 heavy (non-hydrogen) atoms. The van der Waals surface area contributed by atoms with Crippen LogP contribution in [0.1, 0.15) is 31.8 Å². The molecule has 4 rings (SSSR count). The van der Waals surface area contributed by atoms with Crippen LogP contribution in [0.4, 0.5) is 5.69 Å². The van der Waals surface area contributed by atoms with Crippen molar-refractivity contribution >= 4 is 22.8 Å². The molecule has 4 nitrogen and oxygen atoms in total. The number of fused-ring (bicyclic) bond motifs is 3. The van der Waals surface area contributed by atoms with Gasteiger partial charge in [0.25, 0.3) is 0 Å². The molecule has 0 saturated heterocycles. The van der Waals surface area contributed by atoms with Crippen molar-refractivity contribution in [2.45, 2.75) is 6.42 Å². The van der Waals surface area contributed by atoms with Crippen molar-refractivity contribution in [2.75, 3.05) is 5.73 Å². The highest BCUT2D eigenvalue weighted by Crippen LogP contribution is 2.41. The third kappa shape index (κ3) is 1.28. The summed E-state index contributed by atoms with van der Waals surface area (Å²) in [6.45, 7) is 0. The largest absolute Gasteiger partial charge is 0.399 e. The number of carbonyl (C=O) groups excluding carboxylic acids is 2. The van der Waals surface area contributed by atoms with Gasteiger partial charge < -0.3 is 5.73 Å². The van der Waals surface area contributed by atoms with Crippen molar-refractivity contribution in [1.29, 1.82) is 0 Å². The zero-order chi connectivity index (χ0) is 13.9. The second-order valence-corrected chi connectivity index (χ2v) is 5.03. The highest BCUT2D eigenvalue weighted by Gasteiger charge is 2.37. The number of carbonyl (C=O) groups is 2. The summed E-state index contributed by atoms with van der Waals surface area (Å²) in [4.78, 5) is 29.1. The number of aromatic nitrogens is 1. The van der Waals surface area contributed by atoms with Crippen LogP contribution in [0.25, 0.3) is 5.57 Å². The zero-order valence-electron chi connectivity index (χ0n) is 10.5. The molecule has 2 aliphatic carbocycles. The molecule has 2 N–H and O–H groups in total. The van der Waals surface area contributed by atoms with Crippen molar-refractivity contribution in [2.24, 2.45) is 0 Å². The molecule has 96 valence electrons. The Morgan fingerprint density at radius 3 is 2.70 bits per heavy atom. The lowest BCUT2D eigenvalue weighted by molar-refractivity contribution is 0.0991. The number of nitrogens with zero attached hydrogens (tertiary/aromatic N) is 1. The van der Waals surface area contributed by atoms with Gasteiger partial charge in [0.1, 0.15) is 0 Å². The highest BCUT2D eigenvalue weighted by atomic mass is 16.1. The first-order valence-electron chi connectivity index (χ1n) is 6.32. The molecule has 1 heterocycles. The third-order valence-electron chi connectivity index (χ3n) is 3.88. The molecule has 0 spiro atoms. The number of nitrogens with two attached hydrogens (primary N) is 1. The highest BCUT2D eigenvalue weighted by molar-refractivity contribution is 6.41. The molecule has 2 aromatic rings. The molecule has 0 aliphatic heterocycles. The minimum Gasteiger partial charge on any atom is -0.399 e. The second-order valence-electron chi connectivity index (χ2n) is 5.03. The Bertz CT molecular complexity index is 834. The topological polar surface area (TPSA) is 73.1 Å². The molecule has 1 aromatic heterocycles. The number of ketones is 2. The summed E-state index contributed by atoms with van der Waals surface area (Å²) in [7, 11) is 0. The Kier molecular flexibility index (Phi) is 2.02. The van der Waals surface area contributed by atoms with E-state index in [-0.39, 0.29) is 11.6 Å². The van der Waals surface area contributed by atoms with Gasteiger partial charge in [0.15, 0.2) is 11.6 Å². The van der Waals surface area contributed by atoms with Crippen LogP contribution in [0, 0.1) is 0 Å². The Balaban J connectivity index is 2.00. The number of rotatable bonds is 0. The van der Waals surface area contributed by atoms with E-state index in [1.54, 1.807) is 18.2 Å². The lowest BCUT2D eigenvalue weighted by Crippen LogP contribution is -2.19. The molecule has 2 aliphatic rings. The number of anilines is 1. The maximum Gasteiger partial charge on any atom is 0.196 e. The molecule has 0 bridgehead atoms. The van der Waals surface area contributed by atoms with Crippen LogP contribution in [0.15, 0.2) is 42.2 Å². The fourth-order valence-electron chi connectivity index (χ4n) is 2.95. The number of hydrogen-bond acceptors (Lipinski definition) is 4. The number of Topliss-reactive ketones (excluding diaryl/α,β-unsaturated/α-hetero) is 2. The predicted octanol–water partition coefficient (Wildman–Crippen LogP) is 2.05. The van der Waals surface area contributed by atoms with Crippen molar-refractivity contribution in [3.05, 3.63) is 64.5 Å². The second kappa shape index (κ2) is 3.63. The van der Waals surface area contributed by atoms with Gasteiger partial charge in [-0.25, -0.2) is 0 Å². The standard InChI is InChI=1S/C16H10N2O2/c17-9-2-1-8-5-12-14(11(8)6-9)16(20)13-7-18-4-3-10(13)15(12)19/h1-4,6-7H,5,17H2. The van der Waals surface area contributed by atoms with E-state index in [9.17, 15) is 9.59 Å². The van der Waals surface area contributed by atoms with E-state index in [0.717, 1.165) is 11.1 Å². The maximum atomic E-state index is 12.6. The van der Waals surface area contributed by atoms with E-state index in [0.29, 0.717) is 34.4 Å². The summed E-state index contributed by atoms with van der Waals surface area (Å²) in [5.74, 6) is -0.209. The summed E-state index contributed by atoms with van der Waals surface area (Å²) in [5.41, 5.74) is 10.1. The van der Waals surface area contributed by atoms with Crippen LogP contribution in [0.5, 0.6) is 0 Å². The summed E-state index contributed by atoms with van der Waals surface area (Å²) in [5, 5.41) is 0. The van der Waals surface area contributed by atoms with E-state index < -0.39 is 0 Å². The van der Waals surface area contributed by atoms with Crippen LogP contribution >= 0.6 is 0 Å². The first-order chi connectivity index (χ1) is 9.66. The average molecular weight is 262 g/mol. The van der Waals surface area contributed by atoms with E-state index in [2.05, 4.69) is 4.98 Å². The first-order valence-corrected chi connectivity index (χ1v) is 6.32. The van der Waals surface area contributed by atoms with Gasteiger partial charge in [-0.15, -0.1) is 0 Å². The fraction of sp³-hybridized carbons (Fsp3) is 0.0625. The molecular weight excluding hydrogens is 252 g/mol. The molecule has 0 amide bonds. The van der Waals surface area contributed by atoms with Crippen LogP contribution in [0.2, 0.25) is 0 Å². The average Bonchev–Trinajstić information content (AvgIpc) is 2.84. The molecule has 0 radical (unpaired) electrons. The van der Waals surface area contributed by atoms with Crippen LogP contribution in [0.3, 0.4) is 0 Å². The first kappa shape index (κ1) is 11.1. The van der Waals surface area contributed by atoms with Crippen molar-refractivity contribution in [1.82, 2.24) is 4.98 Å². The number of allylic oxidation sites excluding steroid dienone is 2. The lowest BCUT2D eigenvalue weighted by atomic mass is 9.85. The molecular formula is C16H10N2O2. The van der Waals surface area contributed by atoms with Gasteiger partial charge in [-0.3, -0.25) is 14.6 Å². The van der Waals surface area contributed by atoms with E-state index >= 15 is 0 Å². The van der Waals surface area contributed by atoms with E-state index in [1.165, 1.54) is 12.4 Å². The van der Waals surface area contributed by atoms with Crippen LogP contribution < -0.4 is 5.73 Å². The predicted molar refractivity (Wildman–Crippen MR) is 74.4 cm³/mol. The smallest absolute Gasteiger partial charge is 0.196 e. The Labute approximate surface area is 114 Å². The number of pyridine rings is 1. The van der Waals surface area contributed by atoms with E-state index in [4.69, 9.17) is 5.73 Å². The van der Waals surface area contributed by atoms with E-state index in [1.807, 2.05) is 6.07 Å². The normalized spacial score (nSPS) is 16.0. The van der Waals surface area contributed by atoms with Gasteiger partial charge in [0, 0.05) is 41.2 Å². The minimum absolute atomic E-state index is 0.0771. The van der Waals surface area contributed by atoms with Gasteiger partial charge in [-0.1, -0.05) is 6.07 Å². The molecule has 1 aromatic carbocycles. The molecule has 0 fully saturated rings. The number of benzene rings is 1. The van der Waals surface area contributed by atoms with Gasteiger partial charge in [0.05, 0.1) is 5.56 Å². The molecule has 4 heteroatoms. The van der Waals surface area contributed by atoms with Crippen molar-refractivity contribution < 1.29 is 9.59 Å². The fourth-order valence-corrected chi connectivity index (χ4v) is 2.95. The van der Waals surface area contributed by atoms with Gasteiger partial charge >= 0.3 is 0 Å². The van der Waals surface area contributed by atoms with Gasteiger partial charge in [-0.05, 0) is 29.3 Å². The van der Waals surface area contributed by atoms with Crippen molar-refractivity contribution in [3.63, 3.8) is 0 Å². The molecule has 0 atom stereocenters. The minimum atomic E-state index is -0.132. The Morgan fingerprint density at radius 2 is 1.85 bits per heavy atom. The number of nitrogen functional groups attached to an aromatic ring is 1. The van der Waals surface area contributed by atoms with Crippen LogP contribution in [-0.2, 0) is 6.42 Å². The summed E-state index contributed by atoms with van der Waals surface area (Å²) in [6, 6.07) is 7.05. The number of hydrogen-bond donors (Lipinski definition) is 1. The SMILES string of the molecule is Nc1ccc2c(c1)C1=C(C2)C(=O)c2ccncc2C1=O. The zero-order valence-corrected chi connectivity index (χ0v) is 10.5. The lowest BCUT2D eigenvalue weighted by Gasteiger charge is -2.15. The summed E-state index contributed by atoms with van der Waals surface area (Å²) < 4.78 is 0. The molecule has 0 saturated carbocycles. The third-order valence-corrected chi connectivity index (χ3v) is 3.88. The summed E-state index contributed by atoms with van der Waals surface area (Å²) in [6.07, 6.45) is 3.50. The maximum absolute atomic E-state index is 12.6. The Hall–Kier alpha value is -2.75. The van der Waals surface area contributed by atoms with Crippen molar-refractivity contribution in [3.8, 4) is 0 Å². The monoisotopic (exact) mass is 262 g/mol. The van der Waals surface area contributed by atoms with Gasteiger partial charge in [0.2, 0.25) is 0 Å². The quantitative estimate of drug-likeness (QED) is 0.737. The summed E-state index contributed by atoms with van der Waals surface area (Å²) >= 11 is 0. The van der Waals surface area contributed by atoms with Crippen LogP contribution in [-0.4, -0.2) is 16.6 Å². The van der Waals surface area contributed by atoms with Gasteiger partial charge in [-0.2, -0.15) is 0 Å². The Morgan fingerprint density at radius 1 is 1.00 bits per heavy atom. The molecule has 0 unspecified atom stereocenters.